The van der Waals surface area contributed by atoms with Crippen LogP contribution in [-0.4, -0.2) is 13.6 Å². The molecule has 1 aliphatic rings. The summed E-state index contributed by atoms with van der Waals surface area (Å²) < 4.78 is 0. The van der Waals surface area contributed by atoms with Crippen molar-refractivity contribution in [1.82, 2.24) is 5.32 Å². The number of rotatable bonds is 6. The van der Waals surface area contributed by atoms with E-state index < -0.39 is 0 Å². The fourth-order valence-corrected chi connectivity index (χ4v) is 2.96. The standard InChI is InChI=1S/C21H33N/c1-17(9-7-10-18(2)14-16-22-6)12-13-20-19(3)11-8-15-21(20,4)5/h7,9-10,12-14,22H,8,11,15-16H2,1-6H3/b10-7+,13-12+,17-9+,18-14+. The van der Waals surface area contributed by atoms with Crippen molar-refractivity contribution in [1.29, 1.82) is 0 Å². The Labute approximate surface area is 137 Å². The number of hydrogen-bond donors (Lipinski definition) is 1. The molecule has 0 saturated heterocycles. The summed E-state index contributed by atoms with van der Waals surface area (Å²) in [6, 6.07) is 0. The van der Waals surface area contributed by atoms with Crippen LogP contribution in [0.2, 0.25) is 0 Å². The van der Waals surface area contributed by atoms with E-state index >= 15 is 0 Å². The summed E-state index contributed by atoms with van der Waals surface area (Å²) in [7, 11) is 1.96. The second kappa shape index (κ2) is 8.95. The SMILES string of the molecule is CNC/C=C(C)/C=C/C=C(C)/C=C/C1=C(C)CCCC1(C)C. The van der Waals surface area contributed by atoms with Crippen molar-refractivity contribution in [3.8, 4) is 0 Å². The van der Waals surface area contributed by atoms with Gasteiger partial charge in [-0.3, -0.25) is 0 Å². The molecule has 0 heterocycles. The molecule has 1 heteroatoms. The van der Waals surface area contributed by atoms with Crippen LogP contribution in [0.15, 0.2) is 58.7 Å². The normalized spacial score (nSPS) is 20.5. The zero-order valence-corrected chi connectivity index (χ0v) is 15.3. The Bertz CT molecular complexity index is 510. The zero-order valence-electron chi connectivity index (χ0n) is 15.3. The van der Waals surface area contributed by atoms with E-state index in [4.69, 9.17) is 0 Å². The minimum absolute atomic E-state index is 0.321. The molecular formula is C21H33N. The van der Waals surface area contributed by atoms with Gasteiger partial charge in [-0.25, -0.2) is 0 Å². The molecule has 122 valence electrons. The van der Waals surface area contributed by atoms with E-state index in [1.807, 2.05) is 7.05 Å². The average Bonchev–Trinajstić information content (AvgIpc) is 2.43. The quantitative estimate of drug-likeness (QED) is 0.617. The topological polar surface area (TPSA) is 12.0 Å². The van der Waals surface area contributed by atoms with Gasteiger partial charge in [-0.05, 0) is 58.1 Å². The number of hydrogen-bond acceptors (Lipinski definition) is 1. The molecule has 0 amide bonds. The van der Waals surface area contributed by atoms with Gasteiger partial charge in [0.15, 0.2) is 0 Å². The lowest BCUT2D eigenvalue weighted by atomic mass is 9.72. The van der Waals surface area contributed by atoms with Gasteiger partial charge in [0.05, 0.1) is 0 Å². The summed E-state index contributed by atoms with van der Waals surface area (Å²) in [5, 5.41) is 3.12. The molecule has 1 nitrogen and oxygen atoms in total. The molecule has 0 aromatic heterocycles. The van der Waals surface area contributed by atoms with Crippen LogP contribution in [0, 0.1) is 5.41 Å². The van der Waals surface area contributed by atoms with Gasteiger partial charge in [-0.1, -0.05) is 67.0 Å². The van der Waals surface area contributed by atoms with Crippen LogP contribution < -0.4 is 5.32 Å². The van der Waals surface area contributed by atoms with Gasteiger partial charge in [-0.15, -0.1) is 0 Å². The van der Waals surface area contributed by atoms with E-state index in [9.17, 15) is 0 Å². The Hall–Kier alpha value is -1.34. The number of nitrogens with one attached hydrogen (secondary N) is 1. The highest BCUT2D eigenvalue weighted by atomic mass is 14.8. The van der Waals surface area contributed by atoms with E-state index in [2.05, 4.69) is 76.4 Å². The van der Waals surface area contributed by atoms with Crippen molar-refractivity contribution < 1.29 is 0 Å². The summed E-state index contributed by atoms with van der Waals surface area (Å²) in [6.07, 6.45) is 17.1. The fourth-order valence-electron chi connectivity index (χ4n) is 2.96. The third-order valence-electron chi connectivity index (χ3n) is 4.40. The Morgan fingerprint density at radius 1 is 1.18 bits per heavy atom. The summed E-state index contributed by atoms with van der Waals surface area (Å²) in [5.74, 6) is 0. The van der Waals surface area contributed by atoms with E-state index in [-0.39, 0.29) is 0 Å². The molecule has 1 rings (SSSR count). The van der Waals surface area contributed by atoms with Gasteiger partial charge in [0.1, 0.15) is 0 Å². The molecule has 0 atom stereocenters. The first-order valence-electron chi connectivity index (χ1n) is 8.41. The monoisotopic (exact) mass is 299 g/mol. The Morgan fingerprint density at radius 3 is 2.55 bits per heavy atom. The molecule has 0 saturated carbocycles. The Balaban J connectivity index is 2.73. The number of likely N-dealkylation sites (N-methyl/N-ethyl adjacent to an activating group) is 1. The predicted molar refractivity (Wildman–Crippen MR) is 100 cm³/mol. The summed E-state index contributed by atoms with van der Waals surface area (Å²) in [4.78, 5) is 0. The smallest absolute Gasteiger partial charge is 0.0137 e. The minimum Gasteiger partial charge on any atom is -0.316 e. The van der Waals surface area contributed by atoms with Gasteiger partial charge in [0, 0.05) is 6.54 Å². The third-order valence-corrected chi connectivity index (χ3v) is 4.40. The molecule has 1 N–H and O–H groups in total. The lowest BCUT2D eigenvalue weighted by Gasteiger charge is -2.32. The van der Waals surface area contributed by atoms with E-state index in [0.29, 0.717) is 5.41 Å². The van der Waals surface area contributed by atoms with Gasteiger partial charge in [0.2, 0.25) is 0 Å². The van der Waals surface area contributed by atoms with Crippen molar-refractivity contribution in [3.05, 3.63) is 58.7 Å². The van der Waals surface area contributed by atoms with Crippen LogP contribution in [0.1, 0.15) is 53.9 Å². The lowest BCUT2D eigenvalue weighted by Crippen LogP contribution is -2.19. The highest BCUT2D eigenvalue weighted by Crippen LogP contribution is 2.40. The van der Waals surface area contributed by atoms with Crippen LogP contribution in [0.4, 0.5) is 0 Å². The Morgan fingerprint density at radius 2 is 1.91 bits per heavy atom. The Kier molecular flexibility index (Phi) is 7.61. The second-order valence-corrected chi connectivity index (χ2v) is 7.04. The molecule has 1 aliphatic carbocycles. The first-order chi connectivity index (χ1) is 10.4. The maximum Gasteiger partial charge on any atom is 0.0137 e. The highest BCUT2D eigenvalue weighted by Gasteiger charge is 2.26. The maximum atomic E-state index is 3.12. The fraction of sp³-hybridized carbons (Fsp3) is 0.524. The summed E-state index contributed by atoms with van der Waals surface area (Å²) in [5.41, 5.74) is 5.98. The van der Waals surface area contributed by atoms with Crippen molar-refractivity contribution in [2.75, 3.05) is 13.6 Å². The molecular weight excluding hydrogens is 266 g/mol. The zero-order chi connectivity index (χ0) is 16.6. The van der Waals surface area contributed by atoms with Crippen molar-refractivity contribution in [2.24, 2.45) is 5.41 Å². The minimum atomic E-state index is 0.321. The lowest BCUT2D eigenvalue weighted by molar-refractivity contribution is 0.377. The van der Waals surface area contributed by atoms with Crippen molar-refractivity contribution in [3.63, 3.8) is 0 Å². The van der Waals surface area contributed by atoms with Gasteiger partial charge in [-0.2, -0.15) is 0 Å². The van der Waals surface area contributed by atoms with Gasteiger partial charge < -0.3 is 5.32 Å². The van der Waals surface area contributed by atoms with Crippen LogP contribution in [0.25, 0.3) is 0 Å². The number of allylic oxidation sites excluding steroid dienone is 9. The van der Waals surface area contributed by atoms with E-state index in [0.717, 1.165) is 6.54 Å². The molecule has 0 fully saturated rings. The highest BCUT2D eigenvalue weighted by molar-refractivity contribution is 5.37. The molecule has 0 bridgehead atoms. The first-order valence-corrected chi connectivity index (χ1v) is 8.41. The summed E-state index contributed by atoms with van der Waals surface area (Å²) in [6.45, 7) is 12.2. The van der Waals surface area contributed by atoms with Crippen molar-refractivity contribution in [2.45, 2.75) is 53.9 Å². The second-order valence-electron chi connectivity index (χ2n) is 7.04. The van der Waals surface area contributed by atoms with Crippen LogP contribution in [0.5, 0.6) is 0 Å². The average molecular weight is 300 g/mol. The largest absolute Gasteiger partial charge is 0.316 e. The first kappa shape index (κ1) is 18.7. The molecule has 0 spiro atoms. The summed E-state index contributed by atoms with van der Waals surface area (Å²) >= 11 is 0. The predicted octanol–water partition coefficient (Wildman–Crippen LogP) is 5.74. The van der Waals surface area contributed by atoms with Crippen molar-refractivity contribution >= 4 is 0 Å². The van der Waals surface area contributed by atoms with E-state index in [1.54, 1.807) is 5.57 Å². The van der Waals surface area contributed by atoms with E-state index in [1.165, 1.54) is 36.0 Å². The third kappa shape index (κ3) is 6.19. The molecule has 0 aliphatic heterocycles. The van der Waals surface area contributed by atoms with Gasteiger partial charge in [0.25, 0.3) is 0 Å². The van der Waals surface area contributed by atoms with Crippen LogP contribution in [-0.2, 0) is 0 Å². The molecule has 22 heavy (non-hydrogen) atoms. The van der Waals surface area contributed by atoms with Gasteiger partial charge >= 0.3 is 0 Å². The van der Waals surface area contributed by atoms with Crippen LogP contribution >= 0.6 is 0 Å². The van der Waals surface area contributed by atoms with Crippen LogP contribution in [0.3, 0.4) is 0 Å². The molecule has 0 aromatic carbocycles. The maximum absolute atomic E-state index is 3.12. The molecule has 0 aromatic rings. The molecule has 0 unspecified atom stereocenters. The molecule has 0 radical (unpaired) electrons.